The van der Waals surface area contributed by atoms with Gasteiger partial charge in [0.2, 0.25) is 17.7 Å². The number of aromatic nitrogens is 4. The zero-order chi connectivity index (χ0) is 17.8. The highest BCUT2D eigenvalue weighted by Gasteiger charge is 2.33. The first-order valence-electron chi connectivity index (χ1n) is 8.62. The molecule has 0 bridgehead atoms. The summed E-state index contributed by atoms with van der Waals surface area (Å²) in [5.41, 5.74) is 0. The first-order chi connectivity index (χ1) is 12.1. The second-order valence-electron chi connectivity index (χ2n) is 6.06. The number of hydrogen-bond acceptors (Lipinski definition) is 8. The molecule has 1 amide bonds. The van der Waals surface area contributed by atoms with Crippen molar-refractivity contribution in [1.82, 2.24) is 25.2 Å². The molecule has 3 rings (SSSR count). The Hall–Kier alpha value is -2.29. The Balaban J connectivity index is 1.57. The fraction of sp³-hybridized carbons (Fsp3) is 0.688. The summed E-state index contributed by atoms with van der Waals surface area (Å²) in [7, 11) is 0. The van der Waals surface area contributed by atoms with Crippen LogP contribution in [0.3, 0.4) is 0 Å². The highest BCUT2D eigenvalue weighted by molar-refractivity contribution is 5.77. The lowest BCUT2D eigenvalue weighted by atomic mass is 10.2. The van der Waals surface area contributed by atoms with Gasteiger partial charge in [0.1, 0.15) is 6.10 Å². The van der Waals surface area contributed by atoms with Gasteiger partial charge in [-0.3, -0.25) is 4.79 Å². The van der Waals surface area contributed by atoms with E-state index in [0.29, 0.717) is 49.4 Å². The number of nitrogens with zero attached hydrogens (tertiary/aromatic N) is 5. The predicted octanol–water partition coefficient (Wildman–Crippen LogP) is 2.15. The minimum absolute atomic E-state index is 0.0301. The van der Waals surface area contributed by atoms with Gasteiger partial charge in [-0.1, -0.05) is 10.3 Å². The number of carbonyl (C=O) groups excluding carboxylic acids is 1. The van der Waals surface area contributed by atoms with Crippen LogP contribution in [0.1, 0.15) is 68.7 Å². The smallest absolute Gasteiger partial charge is 0.227 e. The van der Waals surface area contributed by atoms with Crippen molar-refractivity contribution in [3.05, 3.63) is 23.4 Å². The van der Waals surface area contributed by atoms with E-state index in [1.54, 1.807) is 6.92 Å². The van der Waals surface area contributed by atoms with Crippen LogP contribution in [0.15, 0.2) is 9.05 Å². The van der Waals surface area contributed by atoms with Crippen LogP contribution in [0.5, 0.6) is 0 Å². The van der Waals surface area contributed by atoms with E-state index in [9.17, 15) is 4.79 Å². The second kappa shape index (κ2) is 7.73. The van der Waals surface area contributed by atoms with E-state index < -0.39 is 0 Å². The van der Waals surface area contributed by atoms with E-state index in [2.05, 4.69) is 20.3 Å². The minimum Gasteiger partial charge on any atom is -0.371 e. The Labute approximate surface area is 145 Å². The highest BCUT2D eigenvalue weighted by atomic mass is 16.5. The van der Waals surface area contributed by atoms with Gasteiger partial charge in [-0.25, -0.2) is 0 Å². The monoisotopic (exact) mass is 349 g/mol. The Kier molecular flexibility index (Phi) is 5.42. The Morgan fingerprint density at radius 2 is 2.20 bits per heavy atom. The standard InChI is InChI=1S/C16H23N5O4/c1-4-23-10(2)15-18-13(25-19-15)7-8-14(22)21-9-5-6-12(21)16-17-11(3)24-20-16/h10,12H,4-9H2,1-3H3/t10-,12-/m1/s1. The topological polar surface area (TPSA) is 107 Å². The number of hydrogen-bond donors (Lipinski definition) is 0. The third-order valence-corrected chi connectivity index (χ3v) is 4.23. The third-order valence-electron chi connectivity index (χ3n) is 4.23. The van der Waals surface area contributed by atoms with Crippen LogP contribution in [-0.2, 0) is 16.0 Å². The van der Waals surface area contributed by atoms with Crippen LogP contribution in [0, 0.1) is 6.92 Å². The number of ether oxygens (including phenoxy) is 1. The first kappa shape index (κ1) is 17.5. The molecule has 2 aromatic heterocycles. The summed E-state index contributed by atoms with van der Waals surface area (Å²) in [6.45, 7) is 6.80. The quantitative estimate of drug-likeness (QED) is 0.748. The van der Waals surface area contributed by atoms with E-state index in [4.69, 9.17) is 13.8 Å². The molecule has 0 N–H and O–H groups in total. The van der Waals surface area contributed by atoms with Gasteiger partial charge >= 0.3 is 0 Å². The SMILES string of the molecule is CCO[C@H](C)c1noc(CCC(=O)N2CCC[C@@H]2c2noc(C)n2)n1. The van der Waals surface area contributed by atoms with Gasteiger partial charge in [0.15, 0.2) is 11.6 Å². The number of carbonyl (C=O) groups is 1. The van der Waals surface area contributed by atoms with Crippen molar-refractivity contribution >= 4 is 5.91 Å². The molecule has 1 fully saturated rings. The lowest BCUT2D eigenvalue weighted by molar-refractivity contribution is -0.132. The molecular formula is C16H23N5O4. The molecule has 2 atom stereocenters. The molecule has 0 radical (unpaired) electrons. The fourth-order valence-electron chi connectivity index (χ4n) is 3.00. The van der Waals surface area contributed by atoms with Crippen LogP contribution in [0.25, 0.3) is 0 Å². The molecule has 25 heavy (non-hydrogen) atoms. The molecular weight excluding hydrogens is 326 g/mol. The lowest BCUT2D eigenvalue weighted by Gasteiger charge is -2.21. The zero-order valence-corrected chi connectivity index (χ0v) is 14.8. The van der Waals surface area contributed by atoms with E-state index >= 15 is 0 Å². The molecule has 0 aromatic carbocycles. The average Bonchev–Trinajstić information content (AvgIpc) is 3.32. The van der Waals surface area contributed by atoms with Crippen molar-refractivity contribution < 1.29 is 18.6 Å². The molecule has 1 aliphatic heterocycles. The van der Waals surface area contributed by atoms with Gasteiger partial charge < -0.3 is 18.7 Å². The van der Waals surface area contributed by atoms with Gasteiger partial charge in [0.25, 0.3) is 0 Å². The van der Waals surface area contributed by atoms with E-state index in [1.165, 1.54) is 0 Å². The second-order valence-corrected chi connectivity index (χ2v) is 6.06. The van der Waals surface area contributed by atoms with Gasteiger partial charge in [-0.05, 0) is 26.7 Å². The normalized spacial score (nSPS) is 18.7. The van der Waals surface area contributed by atoms with Crippen molar-refractivity contribution in [3.63, 3.8) is 0 Å². The van der Waals surface area contributed by atoms with Gasteiger partial charge in [0.05, 0.1) is 6.04 Å². The molecule has 0 spiro atoms. The van der Waals surface area contributed by atoms with Crippen LogP contribution in [0.4, 0.5) is 0 Å². The van der Waals surface area contributed by atoms with E-state index in [1.807, 2.05) is 18.7 Å². The molecule has 9 heteroatoms. The van der Waals surface area contributed by atoms with Crippen LogP contribution in [-0.4, -0.2) is 44.2 Å². The lowest BCUT2D eigenvalue weighted by Crippen LogP contribution is -2.31. The van der Waals surface area contributed by atoms with Crippen molar-refractivity contribution in [2.24, 2.45) is 0 Å². The minimum atomic E-state index is -0.220. The maximum Gasteiger partial charge on any atom is 0.227 e. The summed E-state index contributed by atoms with van der Waals surface area (Å²) in [6, 6.07) is -0.110. The van der Waals surface area contributed by atoms with Gasteiger partial charge in [0, 0.05) is 32.9 Å². The number of likely N-dealkylation sites (tertiary alicyclic amines) is 1. The molecule has 0 aliphatic carbocycles. The molecule has 3 heterocycles. The van der Waals surface area contributed by atoms with Gasteiger partial charge in [-0.2, -0.15) is 9.97 Å². The summed E-state index contributed by atoms with van der Waals surface area (Å²) >= 11 is 0. The van der Waals surface area contributed by atoms with E-state index in [0.717, 1.165) is 12.8 Å². The third kappa shape index (κ3) is 4.04. The molecule has 0 unspecified atom stereocenters. The Morgan fingerprint density at radius 3 is 2.92 bits per heavy atom. The van der Waals surface area contributed by atoms with Crippen LogP contribution >= 0.6 is 0 Å². The molecule has 1 saturated heterocycles. The first-order valence-corrected chi connectivity index (χ1v) is 8.62. The molecule has 2 aromatic rings. The maximum absolute atomic E-state index is 12.6. The summed E-state index contributed by atoms with van der Waals surface area (Å²) in [5, 5.41) is 7.86. The van der Waals surface area contributed by atoms with E-state index in [-0.39, 0.29) is 18.1 Å². The maximum atomic E-state index is 12.6. The summed E-state index contributed by atoms with van der Waals surface area (Å²) in [4.78, 5) is 22.9. The fourth-order valence-corrected chi connectivity index (χ4v) is 3.00. The van der Waals surface area contributed by atoms with Gasteiger partial charge in [-0.15, -0.1) is 0 Å². The Morgan fingerprint density at radius 1 is 1.36 bits per heavy atom. The van der Waals surface area contributed by atoms with Crippen molar-refractivity contribution in [2.75, 3.05) is 13.2 Å². The van der Waals surface area contributed by atoms with Crippen molar-refractivity contribution in [2.45, 2.75) is 58.6 Å². The molecule has 0 saturated carbocycles. The summed E-state index contributed by atoms with van der Waals surface area (Å²) in [5.74, 6) is 2.07. The summed E-state index contributed by atoms with van der Waals surface area (Å²) < 4.78 is 15.7. The summed E-state index contributed by atoms with van der Waals surface area (Å²) in [6.07, 6.45) is 2.27. The van der Waals surface area contributed by atoms with Crippen molar-refractivity contribution in [3.8, 4) is 0 Å². The largest absolute Gasteiger partial charge is 0.371 e. The number of rotatable bonds is 7. The predicted molar refractivity (Wildman–Crippen MR) is 85.4 cm³/mol. The number of aryl methyl sites for hydroxylation is 2. The number of amides is 1. The van der Waals surface area contributed by atoms with Crippen LogP contribution in [0.2, 0.25) is 0 Å². The van der Waals surface area contributed by atoms with Crippen molar-refractivity contribution in [1.29, 1.82) is 0 Å². The Bertz CT molecular complexity index is 713. The molecule has 9 nitrogen and oxygen atoms in total. The van der Waals surface area contributed by atoms with Crippen LogP contribution < -0.4 is 0 Å². The molecule has 136 valence electrons. The average molecular weight is 349 g/mol. The highest BCUT2D eigenvalue weighted by Crippen LogP contribution is 2.30. The molecule has 1 aliphatic rings. The zero-order valence-electron chi connectivity index (χ0n) is 14.8.